The van der Waals surface area contributed by atoms with Crippen LogP contribution in [0.2, 0.25) is 0 Å². The summed E-state index contributed by atoms with van der Waals surface area (Å²) in [5.41, 5.74) is 11.2. The number of aryl methyl sites for hydroxylation is 2. The molecule has 1 heterocycles. The summed E-state index contributed by atoms with van der Waals surface area (Å²) in [6, 6.07) is 17.3. The minimum Gasteiger partial charge on any atom is -0.494 e. The molecule has 1 unspecified atom stereocenters. The Morgan fingerprint density at radius 1 is 1.10 bits per heavy atom. The minimum atomic E-state index is -0.698. The number of amides is 1. The van der Waals surface area contributed by atoms with Gasteiger partial charge in [0.05, 0.1) is 13.0 Å². The number of hydrogen-bond donors (Lipinski definition) is 2. The Balaban J connectivity index is 1.12. The molecule has 3 aromatic rings. The molecule has 1 atom stereocenters. The second-order valence-corrected chi connectivity index (χ2v) is 12.7. The highest BCUT2D eigenvalue weighted by molar-refractivity contribution is 5.78. The number of nitrogens with one attached hydrogen (secondary N) is 1. The van der Waals surface area contributed by atoms with Gasteiger partial charge in [-0.25, -0.2) is 0 Å². The number of nitrogens with zero attached hydrogens (tertiary/aromatic N) is 1. The molecule has 1 saturated carbocycles. The molecule has 3 aromatic carbocycles. The van der Waals surface area contributed by atoms with Crippen LogP contribution in [0.3, 0.4) is 0 Å². The Kier molecular flexibility index (Phi) is 7.73. The number of carbonyl (C=O) groups is 2. The summed E-state index contributed by atoms with van der Waals surface area (Å²) in [6.07, 6.45) is 6.01. The van der Waals surface area contributed by atoms with Crippen LogP contribution in [0.15, 0.2) is 48.5 Å². The van der Waals surface area contributed by atoms with E-state index in [1.165, 1.54) is 44.5 Å². The highest BCUT2D eigenvalue weighted by atomic mass is 16.5. The molecule has 1 amide bonds. The lowest BCUT2D eigenvalue weighted by molar-refractivity contribution is -0.137. The van der Waals surface area contributed by atoms with Crippen molar-refractivity contribution in [2.75, 3.05) is 25.0 Å². The first-order valence-corrected chi connectivity index (χ1v) is 15.4. The Bertz CT molecular complexity index is 1500. The van der Waals surface area contributed by atoms with Gasteiger partial charge < -0.3 is 20.1 Å². The van der Waals surface area contributed by atoms with Crippen LogP contribution in [-0.2, 0) is 22.6 Å². The predicted molar refractivity (Wildman–Crippen MR) is 166 cm³/mol. The zero-order valence-corrected chi connectivity index (χ0v) is 25.1. The van der Waals surface area contributed by atoms with Crippen LogP contribution in [0.4, 0.5) is 5.69 Å². The molecule has 0 radical (unpaired) electrons. The highest BCUT2D eigenvalue weighted by Crippen LogP contribution is 2.64. The van der Waals surface area contributed by atoms with Gasteiger partial charge in [-0.1, -0.05) is 24.3 Å². The second-order valence-electron chi connectivity index (χ2n) is 12.7. The Morgan fingerprint density at radius 3 is 2.57 bits per heavy atom. The molecule has 1 aliphatic heterocycles. The van der Waals surface area contributed by atoms with Gasteiger partial charge in [0.1, 0.15) is 5.75 Å². The van der Waals surface area contributed by atoms with E-state index in [0.29, 0.717) is 13.0 Å². The molecule has 1 spiro atoms. The number of carboxylic acid groups (broad SMARTS) is 1. The summed E-state index contributed by atoms with van der Waals surface area (Å²) < 4.78 is 6.09. The van der Waals surface area contributed by atoms with Gasteiger partial charge in [0.15, 0.2) is 0 Å². The number of rotatable bonds is 11. The molecule has 6 rings (SSSR count). The van der Waals surface area contributed by atoms with Crippen LogP contribution < -0.4 is 10.1 Å². The van der Waals surface area contributed by atoms with E-state index in [2.05, 4.69) is 74.6 Å². The Hall–Kier alpha value is -3.80. The van der Waals surface area contributed by atoms with Gasteiger partial charge in [-0.3, -0.25) is 9.59 Å². The van der Waals surface area contributed by atoms with Crippen molar-refractivity contribution >= 4 is 17.6 Å². The topological polar surface area (TPSA) is 78.9 Å². The molecule has 1 saturated heterocycles. The first-order chi connectivity index (χ1) is 20.2. The highest BCUT2D eigenvalue weighted by Gasteiger charge is 2.54. The van der Waals surface area contributed by atoms with Crippen LogP contribution in [0, 0.1) is 26.2 Å². The van der Waals surface area contributed by atoms with E-state index in [4.69, 9.17) is 4.74 Å². The number of carboxylic acids is 1. The summed E-state index contributed by atoms with van der Waals surface area (Å²) in [6.45, 7) is 9.47. The summed E-state index contributed by atoms with van der Waals surface area (Å²) in [4.78, 5) is 25.3. The lowest BCUT2D eigenvalue weighted by Gasteiger charge is -2.19. The standard InChI is InChI=1S/C36H42N2O4/c1-23-17-29(42-16-6-15-38-14-5-9-33(38)39)18-24(2)35(23)30-8-4-7-26(25(30)3)22-37-28-10-11-31-27(19-28)21-36(12-13-36)32(31)20-34(40)41/h4,7-8,10-11,17-19,32,37H,5-6,9,12-16,20-22H2,1-3H3,(H,40,41). The average Bonchev–Trinajstić information content (AvgIpc) is 3.51. The predicted octanol–water partition coefficient (Wildman–Crippen LogP) is 7.18. The number of aliphatic carboxylic acids is 1. The molecule has 3 aliphatic rings. The van der Waals surface area contributed by atoms with Gasteiger partial charge in [0, 0.05) is 37.7 Å². The molecule has 6 nitrogen and oxygen atoms in total. The van der Waals surface area contributed by atoms with Gasteiger partial charge in [0.2, 0.25) is 5.91 Å². The molecule has 0 aromatic heterocycles. The van der Waals surface area contributed by atoms with Crippen molar-refractivity contribution in [1.29, 1.82) is 0 Å². The first-order valence-electron chi connectivity index (χ1n) is 15.4. The van der Waals surface area contributed by atoms with Gasteiger partial charge >= 0.3 is 5.97 Å². The van der Waals surface area contributed by atoms with E-state index in [-0.39, 0.29) is 23.7 Å². The Morgan fingerprint density at radius 2 is 1.88 bits per heavy atom. The van der Waals surface area contributed by atoms with Crippen molar-refractivity contribution in [1.82, 2.24) is 4.90 Å². The molecule has 2 N–H and O–H groups in total. The minimum absolute atomic E-state index is 0.154. The van der Waals surface area contributed by atoms with Gasteiger partial charge in [-0.2, -0.15) is 0 Å². The van der Waals surface area contributed by atoms with Crippen LogP contribution in [0.25, 0.3) is 11.1 Å². The van der Waals surface area contributed by atoms with Crippen LogP contribution >= 0.6 is 0 Å². The third-order valence-corrected chi connectivity index (χ3v) is 9.79. The van der Waals surface area contributed by atoms with Crippen molar-refractivity contribution in [3.8, 4) is 16.9 Å². The molecular formula is C36H42N2O4. The number of fused-ring (bicyclic) bond motifs is 1. The SMILES string of the molecule is Cc1cc(OCCCN2CCCC2=O)cc(C)c1-c1cccc(CNc2ccc3c(c2)CC2(CC2)C3CC(=O)O)c1C. The number of anilines is 1. The maximum absolute atomic E-state index is 11.8. The zero-order chi connectivity index (χ0) is 29.4. The van der Waals surface area contributed by atoms with Crippen LogP contribution in [0.1, 0.15) is 77.8 Å². The normalized spacial score (nSPS) is 18.4. The summed E-state index contributed by atoms with van der Waals surface area (Å²) in [5, 5.41) is 13.1. The number of benzene rings is 3. The smallest absolute Gasteiger partial charge is 0.303 e. The molecule has 2 aliphatic carbocycles. The Labute approximate surface area is 249 Å². The second kappa shape index (κ2) is 11.5. The van der Waals surface area contributed by atoms with Gasteiger partial charge in [-0.05, 0) is 127 Å². The van der Waals surface area contributed by atoms with Crippen molar-refractivity contribution < 1.29 is 19.4 Å². The quantitative estimate of drug-likeness (QED) is 0.241. The largest absolute Gasteiger partial charge is 0.494 e. The lowest BCUT2D eigenvalue weighted by atomic mass is 9.87. The fraction of sp³-hybridized carbons (Fsp3) is 0.444. The first kappa shape index (κ1) is 28.3. The van der Waals surface area contributed by atoms with E-state index in [1.807, 2.05) is 4.90 Å². The maximum Gasteiger partial charge on any atom is 0.303 e. The van der Waals surface area contributed by atoms with E-state index < -0.39 is 5.97 Å². The molecule has 42 heavy (non-hydrogen) atoms. The lowest BCUT2D eigenvalue weighted by Crippen LogP contribution is -2.26. The zero-order valence-electron chi connectivity index (χ0n) is 25.1. The number of ether oxygens (including phenoxy) is 1. The van der Waals surface area contributed by atoms with E-state index in [9.17, 15) is 14.7 Å². The van der Waals surface area contributed by atoms with Crippen molar-refractivity contribution in [3.63, 3.8) is 0 Å². The fourth-order valence-electron chi connectivity index (χ4n) is 7.39. The average molecular weight is 567 g/mol. The third-order valence-electron chi connectivity index (χ3n) is 9.79. The monoisotopic (exact) mass is 566 g/mol. The summed E-state index contributed by atoms with van der Waals surface area (Å²) >= 11 is 0. The maximum atomic E-state index is 11.8. The fourth-order valence-corrected chi connectivity index (χ4v) is 7.39. The molecular weight excluding hydrogens is 524 g/mol. The third kappa shape index (κ3) is 5.64. The molecule has 220 valence electrons. The summed E-state index contributed by atoms with van der Waals surface area (Å²) in [5.74, 6) is 0.605. The van der Waals surface area contributed by atoms with E-state index >= 15 is 0 Å². The molecule has 2 fully saturated rings. The number of hydrogen-bond acceptors (Lipinski definition) is 4. The number of carbonyl (C=O) groups excluding carboxylic acids is 1. The van der Waals surface area contributed by atoms with E-state index in [1.54, 1.807) is 0 Å². The number of likely N-dealkylation sites (tertiary alicyclic amines) is 1. The van der Waals surface area contributed by atoms with Gasteiger partial charge in [-0.15, -0.1) is 0 Å². The van der Waals surface area contributed by atoms with Crippen molar-refractivity contribution in [2.24, 2.45) is 5.41 Å². The van der Waals surface area contributed by atoms with Crippen molar-refractivity contribution in [2.45, 2.75) is 78.2 Å². The van der Waals surface area contributed by atoms with Crippen LogP contribution in [0.5, 0.6) is 5.75 Å². The summed E-state index contributed by atoms with van der Waals surface area (Å²) in [7, 11) is 0. The molecule has 0 bridgehead atoms. The van der Waals surface area contributed by atoms with E-state index in [0.717, 1.165) is 63.2 Å². The molecule has 6 heteroatoms. The van der Waals surface area contributed by atoms with Crippen molar-refractivity contribution in [3.05, 3.63) is 81.9 Å². The van der Waals surface area contributed by atoms with Crippen LogP contribution in [-0.4, -0.2) is 41.6 Å². The van der Waals surface area contributed by atoms with Gasteiger partial charge in [0.25, 0.3) is 0 Å².